The van der Waals surface area contributed by atoms with E-state index in [-0.39, 0.29) is 17.9 Å². The van der Waals surface area contributed by atoms with E-state index in [0.29, 0.717) is 0 Å². The number of halogens is 3. The Morgan fingerprint density at radius 3 is 2.17 bits per heavy atom. The van der Waals surface area contributed by atoms with Crippen molar-refractivity contribution in [1.82, 2.24) is 15.0 Å². The van der Waals surface area contributed by atoms with Gasteiger partial charge in [-0.1, -0.05) is 35.2 Å². The quantitative estimate of drug-likeness (QED) is 0.221. The van der Waals surface area contributed by atoms with Crippen LogP contribution in [0.5, 0.6) is 0 Å². The van der Waals surface area contributed by atoms with Gasteiger partial charge in [0.25, 0.3) is 0 Å². The normalized spacial score (nSPS) is 22.4. The number of carbonyl (C=O) groups is 3. The van der Waals surface area contributed by atoms with Crippen molar-refractivity contribution in [3.63, 3.8) is 0 Å². The molecule has 0 aliphatic carbocycles. The topological polar surface area (TPSA) is 119 Å². The number of carbonyl (C=O) groups excluding carboxylic acids is 3. The molecule has 2 aromatic carbocycles. The Labute approximate surface area is 230 Å². The first-order chi connectivity index (χ1) is 19.0. The lowest BCUT2D eigenvalue weighted by atomic mass is 9.96. The summed E-state index contributed by atoms with van der Waals surface area (Å²) in [5, 5.41) is 8.01. The molecular weight excluding hydrogens is 555 g/mol. The number of ether oxygens (including phenoxy) is 4. The lowest BCUT2D eigenvalue weighted by molar-refractivity contribution is -0.212. The molecule has 14 heteroatoms. The van der Waals surface area contributed by atoms with Gasteiger partial charge < -0.3 is 18.9 Å². The first-order valence-corrected chi connectivity index (χ1v) is 12.8. The van der Waals surface area contributed by atoms with E-state index in [9.17, 15) is 27.6 Å². The van der Waals surface area contributed by atoms with Crippen molar-refractivity contribution in [3.8, 4) is 11.3 Å². The van der Waals surface area contributed by atoms with Gasteiger partial charge in [0.2, 0.25) is 0 Å². The van der Waals surface area contributed by atoms with Crippen molar-refractivity contribution < 1.29 is 46.5 Å². The Balaban J connectivity index is 1.81. The number of hydrogen-bond donors (Lipinski definition) is 0. The third-order valence-corrected chi connectivity index (χ3v) is 6.92. The Bertz CT molecular complexity index is 1370. The molecule has 0 unspecified atom stereocenters. The third kappa shape index (κ3) is 6.80. The van der Waals surface area contributed by atoms with Crippen LogP contribution in [0.4, 0.5) is 13.2 Å². The minimum atomic E-state index is -1.64. The molecule has 1 aliphatic rings. The fraction of sp³-hybridized carbons (Fsp3) is 0.346. The highest BCUT2D eigenvalue weighted by molar-refractivity contribution is 7.99. The Morgan fingerprint density at radius 1 is 0.950 bits per heavy atom. The Hall–Kier alpha value is -3.91. The SMILES string of the molecule is CC(=O)OC[C@H]1O[C@@H](Sc2ccccc2)[C@H](OC(C)=O)[C@@H](n2cc(-c3cc(F)c(F)c(F)c3)nn2)[C@H]1OC(C)=O. The van der Waals surface area contributed by atoms with Crippen LogP contribution >= 0.6 is 11.8 Å². The van der Waals surface area contributed by atoms with Crippen LogP contribution in [0.15, 0.2) is 53.6 Å². The first-order valence-electron chi connectivity index (χ1n) is 11.9. The van der Waals surface area contributed by atoms with Gasteiger partial charge in [-0.3, -0.25) is 14.4 Å². The van der Waals surface area contributed by atoms with Crippen LogP contribution in [0.2, 0.25) is 0 Å². The second kappa shape index (κ2) is 12.5. The van der Waals surface area contributed by atoms with Crippen molar-refractivity contribution in [2.75, 3.05) is 6.61 Å². The summed E-state index contributed by atoms with van der Waals surface area (Å²) in [6.07, 6.45) is -2.12. The van der Waals surface area contributed by atoms with Gasteiger partial charge in [0, 0.05) is 31.2 Å². The van der Waals surface area contributed by atoms with Crippen molar-refractivity contribution in [2.45, 2.75) is 55.5 Å². The van der Waals surface area contributed by atoms with Gasteiger partial charge in [-0.05, 0) is 24.3 Å². The molecule has 10 nitrogen and oxygen atoms in total. The van der Waals surface area contributed by atoms with Gasteiger partial charge in [-0.15, -0.1) is 5.10 Å². The summed E-state index contributed by atoms with van der Waals surface area (Å²) in [5.41, 5.74) is -1.08. The minimum absolute atomic E-state index is 0.0451. The molecular formula is C26H24F3N3O7S. The summed E-state index contributed by atoms with van der Waals surface area (Å²) >= 11 is 1.20. The molecule has 1 saturated heterocycles. The monoisotopic (exact) mass is 579 g/mol. The number of thioether (sulfide) groups is 1. The van der Waals surface area contributed by atoms with Crippen molar-refractivity contribution in [3.05, 3.63) is 66.1 Å². The molecule has 1 fully saturated rings. The molecule has 212 valence electrons. The summed E-state index contributed by atoms with van der Waals surface area (Å²) < 4.78 is 65.1. The van der Waals surface area contributed by atoms with Gasteiger partial charge in [0.05, 0.1) is 6.20 Å². The number of esters is 3. The van der Waals surface area contributed by atoms with Crippen LogP contribution in [0.1, 0.15) is 26.8 Å². The molecule has 0 radical (unpaired) electrons. The number of aromatic nitrogens is 3. The first kappa shape index (κ1) is 29.1. The summed E-state index contributed by atoms with van der Waals surface area (Å²) in [4.78, 5) is 36.7. The van der Waals surface area contributed by atoms with Crippen molar-refractivity contribution >= 4 is 29.7 Å². The Kier molecular flexibility index (Phi) is 9.10. The largest absolute Gasteiger partial charge is 0.463 e. The summed E-state index contributed by atoms with van der Waals surface area (Å²) in [6.45, 7) is 3.22. The van der Waals surface area contributed by atoms with E-state index in [0.717, 1.165) is 24.0 Å². The van der Waals surface area contributed by atoms with Crippen LogP contribution < -0.4 is 0 Å². The van der Waals surface area contributed by atoms with Crippen LogP contribution in [0.3, 0.4) is 0 Å². The number of benzene rings is 2. The highest BCUT2D eigenvalue weighted by Crippen LogP contribution is 2.41. The van der Waals surface area contributed by atoms with Gasteiger partial charge in [-0.25, -0.2) is 17.9 Å². The molecule has 0 bridgehead atoms. The number of nitrogens with zero attached hydrogens (tertiary/aromatic N) is 3. The van der Waals surface area contributed by atoms with Crippen molar-refractivity contribution in [2.24, 2.45) is 0 Å². The van der Waals surface area contributed by atoms with E-state index in [2.05, 4.69) is 10.3 Å². The van der Waals surface area contributed by atoms with E-state index >= 15 is 0 Å². The average molecular weight is 580 g/mol. The third-order valence-electron chi connectivity index (χ3n) is 5.76. The predicted octanol–water partition coefficient (Wildman–Crippen LogP) is 3.85. The molecule has 40 heavy (non-hydrogen) atoms. The predicted molar refractivity (Wildman–Crippen MR) is 133 cm³/mol. The maximum atomic E-state index is 13.9. The van der Waals surface area contributed by atoms with E-state index in [1.165, 1.54) is 36.5 Å². The molecule has 0 spiro atoms. The molecule has 0 N–H and O–H groups in total. The zero-order valence-corrected chi connectivity index (χ0v) is 22.3. The molecule has 4 rings (SSSR count). The van der Waals surface area contributed by atoms with Crippen LogP contribution in [0, 0.1) is 17.5 Å². The van der Waals surface area contributed by atoms with Gasteiger partial charge in [-0.2, -0.15) is 0 Å². The molecule has 1 aliphatic heterocycles. The highest BCUT2D eigenvalue weighted by Gasteiger charge is 2.52. The molecule has 3 aromatic rings. The highest BCUT2D eigenvalue weighted by atomic mass is 32.2. The van der Waals surface area contributed by atoms with E-state index in [4.69, 9.17) is 18.9 Å². The molecule has 0 saturated carbocycles. The molecule has 0 amide bonds. The minimum Gasteiger partial charge on any atom is -0.463 e. The lowest BCUT2D eigenvalue weighted by Crippen LogP contribution is -2.57. The standard InChI is InChI=1S/C26H24F3N3O7S/c1-13(33)36-12-21-24(37-14(2)34)23(25(38-15(3)35)26(39-21)40-17-7-5-4-6-8-17)32-11-20(30-31-32)16-9-18(27)22(29)19(28)10-16/h4-11,21,23-26H,12H2,1-3H3/t21-,23+,24+,25-,26+/m1/s1. The zero-order valence-electron chi connectivity index (χ0n) is 21.5. The maximum Gasteiger partial charge on any atom is 0.303 e. The van der Waals surface area contributed by atoms with E-state index in [1.807, 2.05) is 6.07 Å². The van der Waals surface area contributed by atoms with Gasteiger partial charge in [0.15, 0.2) is 29.7 Å². The molecule has 1 aromatic heterocycles. The lowest BCUT2D eigenvalue weighted by Gasteiger charge is -2.44. The zero-order chi connectivity index (χ0) is 29.0. The fourth-order valence-corrected chi connectivity index (χ4v) is 5.30. The van der Waals surface area contributed by atoms with E-state index in [1.54, 1.807) is 24.3 Å². The smallest absolute Gasteiger partial charge is 0.303 e. The second-order valence-electron chi connectivity index (χ2n) is 8.75. The van der Waals surface area contributed by atoms with Crippen molar-refractivity contribution in [1.29, 1.82) is 0 Å². The Morgan fingerprint density at radius 2 is 1.57 bits per heavy atom. The maximum absolute atomic E-state index is 13.9. The number of rotatable bonds is 8. The van der Waals surface area contributed by atoms with Gasteiger partial charge >= 0.3 is 17.9 Å². The second-order valence-corrected chi connectivity index (χ2v) is 9.92. The molecule has 2 heterocycles. The summed E-state index contributed by atoms with van der Waals surface area (Å²) in [6, 6.07) is 9.42. The number of hydrogen-bond acceptors (Lipinski definition) is 10. The summed E-state index contributed by atoms with van der Waals surface area (Å²) in [5.74, 6) is -6.50. The van der Waals surface area contributed by atoms with Gasteiger partial charge in [0.1, 0.15) is 29.9 Å². The molecule has 5 atom stereocenters. The fourth-order valence-electron chi connectivity index (χ4n) is 4.17. The van der Waals surface area contributed by atoms with Crippen LogP contribution in [0.25, 0.3) is 11.3 Å². The average Bonchev–Trinajstić information content (AvgIpc) is 3.37. The van der Waals surface area contributed by atoms with Crippen LogP contribution in [-0.4, -0.2) is 63.3 Å². The summed E-state index contributed by atoms with van der Waals surface area (Å²) in [7, 11) is 0. The van der Waals surface area contributed by atoms with E-state index < -0.39 is 65.1 Å². The van der Waals surface area contributed by atoms with Crippen LogP contribution in [-0.2, 0) is 33.3 Å².